The summed E-state index contributed by atoms with van der Waals surface area (Å²) in [5.74, 6) is 0.276. The molecule has 2 N–H and O–H groups in total. The number of hydrogen-bond donors (Lipinski definition) is 2. The molecule has 0 saturated heterocycles. The van der Waals surface area contributed by atoms with Crippen LogP contribution >= 0.6 is 0 Å². The molecule has 0 aromatic heterocycles. The minimum atomic E-state index is -1.08. The first-order valence-corrected chi connectivity index (χ1v) is 9.58. The van der Waals surface area contributed by atoms with Gasteiger partial charge in [-0.2, -0.15) is 0 Å². The van der Waals surface area contributed by atoms with Gasteiger partial charge in [-0.15, -0.1) is 0 Å². The van der Waals surface area contributed by atoms with Crippen LogP contribution < -0.4 is 5.32 Å². The number of amides is 1. The highest BCUT2D eigenvalue weighted by molar-refractivity contribution is 5.68. The Morgan fingerprint density at radius 2 is 1.93 bits per heavy atom. The first-order valence-electron chi connectivity index (χ1n) is 9.58. The fourth-order valence-electron chi connectivity index (χ4n) is 4.05. The van der Waals surface area contributed by atoms with E-state index in [4.69, 9.17) is 0 Å². The van der Waals surface area contributed by atoms with E-state index in [1.165, 1.54) is 11.6 Å². The molecule has 4 heteroatoms. The van der Waals surface area contributed by atoms with Gasteiger partial charge in [-0.05, 0) is 65.0 Å². The molecule has 0 saturated carbocycles. The largest absolute Gasteiger partial charge is 0.465 e. The second-order valence-electron chi connectivity index (χ2n) is 8.70. The van der Waals surface area contributed by atoms with Crippen LogP contribution in [0.4, 0.5) is 9.18 Å². The number of carboxylic acid groups (broad SMARTS) is 1. The van der Waals surface area contributed by atoms with E-state index in [0.29, 0.717) is 11.5 Å². The van der Waals surface area contributed by atoms with Gasteiger partial charge >= 0.3 is 6.09 Å². The highest BCUT2D eigenvalue weighted by Crippen LogP contribution is 2.45. The summed E-state index contributed by atoms with van der Waals surface area (Å²) in [6.07, 6.45) is 1.60. The maximum atomic E-state index is 15.0. The van der Waals surface area contributed by atoms with Gasteiger partial charge in [-0.25, -0.2) is 9.18 Å². The van der Waals surface area contributed by atoms with Crippen molar-refractivity contribution in [1.29, 1.82) is 0 Å². The van der Waals surface area contributed by atoms with Crippen LogP contribution in [-0.2, 0) is 12.8 Å². The molecular weight excluding hydrogens is 341 g/mol. The SMILES string of the molecule is CC(C)Cc1ccc(-c2cc3c(cc2F)[C@@H](NC(=O)O)C(C)(C)CC3)cc1. The van der Waals surface area contributed by atoms with Crippen LogP contribution in [0.2, 0.25) is 0 Å². The molecule has 0 bridgehead atoms. The van der Waals surface area contributed by atoms with Crippen molar-refractivity contribution >= 4 is 6.09 Å². The quantitative estimate of drug-likeness (QED) is 0.697. The molecule has 3 nitrogen and oxygen atoms in total. The molecule has 2 aromatic carbocycles. The Hall–Kier alpha value is -2.36. The summed E-state index contributed by atoms with van der Waals surface area (Å²) in [5, 5.41) is 11.8. The van der Waals surface area contributed by atoms with Crippen molar-refractivity contribution < 1.29 is 14.3 Å². The Kier molecular flexibility index (Phi) is 5.27. The Morgan fingerprint density at radius 3 is 2.52 bits per heavy atom. The van der Waals surface area contributed by atoms with Crippen LogP contribution in [0.15, 0.2) is 36.4 Å². The summed E-state index contributed by atoms with van der Waals surface area (Å²) in [4.78, 5) is 11.2. The van der Waals surface area contributed by atoms with E-state index in [9.17, 15) is 14.3 Å². The van der Waals surface area contributed by atoms with E-state index in [1.54, 1.807) is 0 Å². The van der Waals surface area contributed by atoms with E-state index < -0.39 is 12.1 Å². The predicted octanol–water partition coefficient (Wildman–Crippen LogP) is 5.97. The Morgan fingerprint density at radius 1 is 1.26 bits per heavy atom. The molecule has 27 heavy (non-hydrogen) atoms. The fraction of sp³-hybridized carbons (Fsp3) is 0.435. The maximum absolute atomic E-state index is 15.0. The minimum Gasteiger partial charge on any atom is -0.465 e. The van der Waals surface area contributed by atoms with Gasteiger partial charge in [0.05, 0.1) is 6.04 Å². The molecule has 0 radical (unpaired) electrons. The van der Waals surface area contributed by atoms with E-state index in [2.05, 4.69) is 31.3 Å². The third-order valence-corrected chi connectivity index (χ3v) is 5.54. The fourth-order valence-corrected chi connectivity index (χ4v) is 4.05. The van der Waals surface area contributed by atoms with Gasteiger partial charge in [0.25, 0.3) is 0 Å². The van der Waals surface area contributed by atoms with E-state index in [1.807, 2.05) is 32.0 Å². The molecule has 1 aliphatic rings. The van der Waals surface area contributed by atoms with Crippen molar-refractivity contribution in [2.45, 2.75) is 53.0 Å². The Bertz CT molecular complexity index is 840. The maximum Gasteiger partial charge on any atom is 0.405 e. The lowest BCUT2D eigenvalue weighted by Crippen LogP contribution is -2.40. The zero-order valence-electron chi connectivity index (χ0n) is 16.5. The number of rotatable bonds is 4. The van der Waals surface area contributed by atoms with Crippen molar-refractivity contribution in [3.8, 4) is 11.1 Å². The molecule has 1 aliphatic carbocycles. The smallest absolute Gasteiger partial charge is 0.405 e. The van der Waals surface area contributed by atoms with Crippen molar-refractivity contribution in [2.75, 3.05) is 0 Å². The van der Waals surface area contributed by atoms with Gasteiger partial charge in [0, 0.05) is 5.56 Å². The van der Waals surface area contributed by atoms with E-state index in [0.717, 1.165) is 36.0 Å². The lowest BCUT2D eigenvalue weighted by Gasteiger charge is -2.40. The summed E-state index contributed by atoms with van der Waals surface area (Å²) in [7, 11) is 0. The number of benzene rings is 2. The first kappa shape index (κ1) is 19.4. The van der Waals surface area contributed by atoms with Crippen LogP contribution in [0.5, 0.6) is 0 Å². The standard InChI is InChI=1S/C23H28FNO2/c1-14(2)11-15-5-7-16(8-6-15)18-12-17-9-10-23(3,4)21(25-22(26)27)19(17)13-20(18)24/h5-8,12-14,21,25H,9-11H2,1-4H3,(H,26,27)/t21-/m1/s1. The van der Waals surface area contributed by atoms with Gasteiger partial charge in [0.2, 0.25) is 0 Å². The molecule has 3 rings (SSSR count). The van der Waals surface area contributed by atoms with E-state index >= 15 is 0 Å². The third kappa shape index (κ3) is 4.15. The number of nitrogens with one attached hydrogen (secondary N) is 1. The van der Waals surface area contributed by atoms with Gasteiger partial charge in [0.1, 0.15) is 5.82 Å². The lowest BCUT2D eigenvalue weighted by molar-refractivity contribution is 0.161. The average molecular weight is 369 g/mol. The summed E-state index contributed by atoms with van der Waals surface area (Å²) in [6.45, 7) is 8.41. The monoisotopic (exact) mass is 369 g/mol. The molecule has 0 aliphatic heterocycles. The van der Waals surface area contributed by atoms with Gasteiger partial charge in [0.15, 0.2) is 0 Å². The number of hydrogen-bond acceptors (Lipinski definition) is 1. The Labute approximate surface area is 160 Å². The zero-order chi connectivity index (χ0) is 19.8. The minimum absolute atomic E-state index is 0.252. The highest BCUT2D eigenvalue weighted by Gasteiger charge is 2.37. The molecule has 0 fully saturated rings. The molecule has 1 amide bonds. The number of carbonyl (C=O) groups is 1. The van der Waals surface area contributed by atoms with Crippen molar-refractivity contribution in [3.63, 3.8) is 0 Å². The highest BCUT2D eigenvalue weighted by atomic mass is 19.1. The van der Waals surface area contributed by atoms with Crippen LogP contribution in [0.3, 0.4) is 0 Å². The summed E-state index contributed by atoms with van der Waals surface area (Å²) < 4.78 is 15.0. The predicted molar refractivity (Wildman–Crippen MR) is 106 cm³/mol. The summed E-state index contributed by atoms with van der Waals surface area (Å²) in [6, 6.07) is 11.1. The first-order chi connectivity index (χ1) is 12.7. The molecule has 1 atom stereocenters. The Balaban J connectivity index is 1.98. The summed E-state index contributed by atoms with van der Waals surface area (Å²) in [5.41, 5.74) is 4.22. The molecule has 0 unspecified atom stereocenters. The average Bonchev–Trinajstić information content (AvgIpc) is 2.57. The number of fused-ring (bicyclic) bond motifs is 1. The van der Waals surface area contributed by atoms with Gasteiger partial charge < -0.3 is 10.4 Å². The van der Waals surface area contributed by atoms with Crippen molar-refractivity contribution in [1.82, 2.24) is 5.32 Å². The zero-order valence-corrected chi connectivity index (χ0v) is 16.5. The van der Waals surface area contributed by atoms with Crippen LogP contribution in [0, 0.1) is 17.2 Å². The van der Waals surface area contributed by atoms with Gasteiger partial charge in [-0.1, -0.05) is 52.0 Å². The van der Waals surface area contributed by atoms with Crippen LogP contribution in [0.1, 0.15) is 56.8 Å². The lowest BCUT2D eigenvalue weighted by atomic mass is 9.70. The third-order valence-electron chi connectivity index (χ3n) is 5.54. The van der Waals surface area contributed by atoms with E-state index in [-0.39, 0.29) is 11.2 Å². The molecule has 0 spiro atoms. The number of aryl methyl sites for hydroxylation is 1. The van der Waals surface area contributed by atoms with Gasteiger partial charge in [-0.3, -0.25) is 0 Å². The van der Waals surface area contributed by atoms with Crippen LogP contribution in [-0.4, -0.2) is 11.2 Å². The van der Waals surface area contributed by atoms with Crippen molar-refractivity contribution in [3.05, 3.63) is 58.9 Å². The molecular formula is C23H28FNO2. The molecule has 0 heterocycles. The number of halogens is 1. The van der Waals surface area contributed by atoms with Crippen LogP contribution in [0.25, 0.3) is 11.1 Å². The second kappa shape index (κ2) is 7.34. The second-order valence-corrected chi connectivity index (χ2v) is 8.70. The normalized spacial score (nSPS) is 18.2. The molecule has 2 aromatic rings. The molecule has 144 valence electrons. The topological polar surface area (TPSA) is 49.3 Å². The summed E-state index contributed by atoms with van der Waals surface area (Å²) >= 11 is 0. The van der Waals surface area contributed by atoms with Crippen molar-refractivity contribution in [2.24, 2.45) is 11.3 Å².